The molecule has 0 radical (unpaired) electrons. The fourth-order valence-electron chi connectivity index (χ4n) is 3.48. The summed E-state index contributed by atoms with van der Waals surface area (Å²) < 4.78 is 71.9. The summed E-state index contributed by atoms with van der Waals surface area (Å²) in [6, 6.07) is 18.5. The monoisotopic (exact) mass is 592 g/mol. The minimum Gasteiger partial charge on any atom is -0.475 e. The van der Waals surface area contributed by atoms with Crippen molar-refractivity contribution in [2.45, 2.75) is 25.7 Å². The van der Waals surface area contributed by atoms with Crippen LogP contribution in [0.15, 0.2) is 85.2 Å². The van der Waals surface area contributed by atoms with Crippen LogP contribution in [0, 0.1) is 6.92 Å². The Morgan fingerprint density at radius 1 is 0.857 bits per heavy atom. The maximum atomic E-state index is 12.9. The van der Waals surface area contributed by atoms with E-state index in [9.17, 15) is 35.9 Å². The number of rotatable bonds is 6. The third-order valence-corrected chi connectivity index (χ3v) is 5.40. The third kappa shape index (κ3) is 9.21. The molecule has 0 saturated heterocycles. The van der Waals surface area contributed by atoms with Crippen LogP contribution in [0.2, 0.25) is 0 Å². The van der Waals surface area contributed by atoms with Crippen LogP contribution in [0.5, 0.6) is 0 Å². The molecule has 220 valence electrons. The number of benzene rings is 3. The first-order valence-corrected chi connectivity index (χ1v) is 11.9. The van der Waals surface area contributed by atoms with E-state index in [0.717, 1.165) is 23.3 Å². The van der Waals surface area contributed by atoms with Gasteiger partial charge in [-0.1, -0.05) is 35.9 Å². The standard InChI is InChI=1S/C26H21F3N4O2.C2HF3O2/c1-17-4-2-5-18(12-17)13-24(34)31-22-15-30-33(16-22)23-10-8-19(9-11-23)25(35)32-21-7-3-6-20(14-21)26(27,28)29;3-2(4,5)1(6)7/h2-12,14-16H,13H2,1H3,(H,31,34)(H,32,35);(H,6,7). The fraction of sp³-hybridized carbons (Fsp3) is 0.143. The summed E-state index contributed by atoms with van der Waals surface area (Å²) in [6.45, 7) is 1.96. The second kappa shape index (κ2) is 13.0. The van der Waals surface area contributed by atoms with Crippen LogP contribution in [0.25, 0.3) is 5.69 Å². The summed E-state index contributed by atoms with van der Waals surface area (Å²) >= 11 is 0. The maximum Gasteiger partial charge on any atom is 0.490 e. The van der Waals surface area contributed by atoms with E-state index in [1.807, 2.05) is 31.2 Å². The number of carboxylic acids is 1. The molecule has 42 heavy (non-hydrogen) atoms. The number of nitrogens with one attached hydrogen (secondary N) is 2. The molecular formula is C28H22F6N4O4. The molecule has 0 atom stereocenters. The molecule has 8 nitrogen and oxygen atoms in total. The molecule has 4 aromatic rings. The van der Waals surface area contributed by atoms with Gasteiger partial charge in [0.15, 0.2) is 0 Å². The number of halogens is 6. The van der Waals surface area contributed by atoms with Crippen molar-refractivity contribution in [3.8, 4) is 5.69 Å². The van der Waals surface area contributed by atoms with Crippen LogP contribution in [-0.2, 0) is 22.2 Å². The van der Waals surface area contributed by atoms with Crippen molar-refractivity contribution in [2.24, 2.45) is 0 Å². The van der Waals surface area contributed by atoms with Gasteiger partial charge in [0, 0.05) is 11.3 Å². The van der Waals surface area contributed by atoms with Crippen molar-refractivity contribution < 1.29 is 45.8 Å². The lowest BCUT2D eigenvalue weighted by Crippen LogP contribution is -2.21. The molecule has 0 unspecified atom stereocenters. The fourth-order valence-corrected chi connectivity index (χ4v) is 3.48. The summed E-state index contributed by atoms with van der Waals surface area (Å²) in [6.07, 6.45) is -6.18. The summed E-state index contributed by atoms with van der Waals surface area (Å²) in [4.78, 5) is 33.7. The number of aromatic nitrogens is 2. The van der Waals surface area contributed by atoms with E-state index in [0.29, 0.717) is 11.4 Å². The Morgan fingerprint density at radius 2 is 1.50 bits per heavy atom. The summed E-state index contributed by atoms with van der Waals surface area (Å²) in [5.74, 6) is -3.47. The molecule has 0 bridgehead atoms. The average molecular weight is 592 g/mol. The Kier molecular flexibility index (Phi) is 9.73. The maximum absolute atomic E-state index is 12.9. The minimum atomic E-state index is -5.08. The van der Waals surface area contributed by atoms with E-state index in [4.69, 9.17) is 9.90 Å². The second-order valence-corrected chi connectivity index (χ2v) is 8.77. The van der Waals surface area contributed by atoms with Crippen molar-refractivity contribution in [3.63, 3.8) is 0 Å². The van der Waals surface area contributed by atoms with Gasteiger partial charge in [-0.25, -0.2) is 9.48 Å². The van der Waals surface area contributed by atoms with Crippen LogP contribution in [0.4, 0.5) is 37.7 Å². The molecule has 2 amide bonds. The Hall–Kier alpha value is -5.14. The van der Waals surface area contributed by atoms with Crippen molar-refractivity contribution in [3.05, 3.63) is 107 Å². The lowest BCUT2D eigenvalue weighted by atomic mass is 10.1. The van der Waals surface area contributed by atoms with E-state index >= 15 is 0 Å². The molecule has 3 N–H and O–H groups in total. The number of hydrogen-bond acceptors (Lipinski definition) is 4. The number of hydrogen-bond donors (Lipinski definition) is 3. The topological polar surface area (TPSA) is 113 Å². The van der Waals surface area contributed by atoms with Gasteiger partial charge in [0.05, 0.1) is 35.8 Å². The van der Waals surface area contributed by atoms with E-state index in [1.54, 1.807) is 18.3 Å². The van der Waals surface area contributed by atoms with E-state index < -0.39 is 29.8 Å². The largest absolute Gasteiger partial charge is 0.490 e. The Bertz CT molecular complexity index is 1560. The second-order valence-electron chi connectivity index (χ2n) is 8.77. The van der Waals surface area contributed by atoms with Gasteiger partial charge >= 0.3 is 18.3 Å². The van der Waals surface area contributed by atoms with Gasteiger partial charge in [0.1, 0.15) is 0 Å². The smallest absolute Gasteiger partial charge is 0.475 e. The molecule has 1 aromatic heterocycles. The summed E-state index contributed by atoms with van der Waals surface area (Å²) in [5.41, 5.74) is 2.63. The number of alkyl halides is 6. The highest BCUT2D eigenvalue weighted by molar-refractivity contribution is 6.04. The third-order valence-electron chi connectivity index (χ3n) is 5.40. The molecule has 4 rings (SSSR count). The number of carbonyl (C=O) groups is 3. The first-order valence-electron chi connectivity index (χ1n) is 11.9. The van der Waals surface area contributed by atoms with Crippen molar-refractivity contribution in [2.75, 3.05) is 10.6 Å². The molecule has 0 saturated carbocycles. The summed E-state index contributed by atoms with van der Waals surface area (Å²) in [5, 5.41) is 16.6. The highest BCUT2D eigenvalue weighted by Gasteiger charge is 2.38. The van der Waals surface area contributed by atoms with Gasteiger partial charge in [-0.3, -0.25) is 9.59 Å². The van der Waals surface area contributed by atoms with Gasteiger partial charge < -0.3 is 15.7 Å². The normalized spacial score (nSPS) is 11.2. The Morgan fingerprint density at radius 3 is 2.10 bits per heavy atom. The molecule has 0 spiro atoms. The van der Waals surface area contributed by atoms with Crippen LogP contribution >= 0.6 is 0 Å². The Balaban J connectivity index is 0.000000616. The van der Waals surface area contributed by atoms with Crippen molar-refractivity contribution in [1.82, 2.24) is 9.78 Å². The first kappa shape index (κ1) is 31.4. The zero-order valence-corrected chi connectivity index (χ0v) is 21.6. The van der Waals surface area contributed by atoms with E-state index in [2.05, 4.69) is 15.7 Å². The predicted octanol–water partition coefficient (Wildman–Crippen LogP) is 6.27. The van der Waals surface area contributed by atoms with Crippen LogP contribution < -0.4 is 10.6 Å². The summed E-state index contributed by atoms with van der Waals surface area (Å²) in [7, 11) is 0. The van der Waals surface area contributed by atoms with Crippen LogP contribution in [0.1, 0.15) is 27.0 Å². The SMILES string of the molecule is Cc1cccc(CC(=O)Nc2cnn(-c3ccc(C(=O)Nc4cccc(C(F)(F)F)c4)cc3)c2)c1.O=C(O)C(F)(F)F. The number of carboxylic acid groups (broad SMARTS) is 1. The zero-order valence-electron chi connectivity index (χ0n) is 21.6. The number of aliphatic carboxylic acids is 1. The van der Waals surface area contributed by atoms with Gasteiger partial charge in [-0.2, -0.15) is 31.4 Å². The number of aryl methyl sites for hydroxylation is 1. The van der Waals surface area contributed by atoms with E-state index in [-0.39, 0.29) is 23.6 Å². The predicted molar refractivity (Wildman–Crippen MR) is 140 cm³/mol. The highest BCUT2D eigenvalue weighted by Crippen LogP contribution is 2.30. The van der Waals surface area contributed by atoms with Gasteiger partial charge in [-0.15, -0.1) is 0 Å². The van der Waals surface area contributed by atoms with Crippen LogP contribution in [-0.4, -0.2) is 38.8 Å². The number of amides is 2. The molecule has 0 aliphatic heterocycles. The molecular weight excluding hydrogens is 570 g/mol. The van der Waals surface area contributed by atoms with Gasteiger partial charge in [0.25, 0.3) is 5.91 Å². The quantitative estimate of drug-likeness (QED) is 0.229. The number of anilines is 2. The molecule has 1 heterocycles. The molecule has 0 fully saturated rings. The molecule has 0 aliphatic carbocycles. The molecule has 3 aromatic carbocycles. The van der Waals surface area contributed by atoms with Crippen molar-refractivity contribution in [1.29, 1.82) is 0 Å². The molecule has 14 heteroatoms. The average Bonchev–Trinajstić information content (AvgIpc) is 3.36. The minimum absolute atomic E-state index is 0.0482. The number of carbonyl (C=O) groups excluding carboxylic acids is 2. The molecule has 0 aliphatic rings. The number of nitrogens with zero attached hydrogens (tertiary/aromatic N) is 2. The van der Waals surface area contributed by atoms with E-state index in [1.165, 1.54) is 35.1 Å². The lowest BCUT2D eigenvalue weighted by molar-refractivity contribution is -0.192. The van der Waals surface area contributed by atoms with Gasteiger partial charge in [0.2, 0.25) is 5.91 Å². The lowest BCUT2D eigenvalue weighted by Gasteiger charge is -2.10. The Labute approximate surface area is 234 Å². The van der Waals surface area contributed by atoms with Crippen molar-refractivity contribution >= 4 is 29.2 Å². The zero-order chi connectivity index (χ0) is 31.1. The highest BCUT2D eigenvalue weighted by atomic mass is 19.4. The first-order chi connectivity index (χ1) is 19.6. The van der Waals surface area contributed by atoms with Gasteiger partial charge in [-0.05, 0) is 55.0 Å². The van der Waals surface area contributed by atoms with Crippen LogP contribution in [0.3, 0.4) is 0 Å².